The second-order valence-electron chi connectivity index (χ2n) is 16.2. The number of benzene rings is 9. The topological polar surface area (TPSA) is 40.6 Å². The Morgan fingerprint density at radius 2 is 0.762 bits per heavy atom. The first-order valence-corrected chi connectivity index (χ1v) is 21.4. The molecule has 0 radical (unpaired) electrons. The number of hydrogen-bond donors (Lipinski definition) is 0. The molecule has 0 spiro atoms. The summed E-state index contributed by atoms with van der Waals surface area (Å²) < 4.78 is 7.29. The second-order valence-corrected chi connectivity index (χ2v) is 16.2. The summed E-state index contributed by atoms with van der Waals surface area (Å²) in [4.78, 5) is 10.3. The highest BCUT2D eigenvalue weighted by Crippen LogP contribution is 2.44. The minimum atomic E-state index is 0.702. The van der Waals surface area contributed by atoms with Gasteiger partial charge in [-0.25, -0.2) is 9.97 Å². The quantitative estimate of drug-likeness (QED) is 0.168. The van der Waals surface area contributed by atoms with Crippen molar-refractivity contribution in [2.24, 2.45) is 0 Å². The molecule has 0 aliphatic heterocycles. The highest BCUT2D eigenvalue weighted by Gasteiger charge is 2.23. The van der Waals surface area contributed by atoms with Crippen LogP contribution in [0.15, 0.2) is 224 Å². The number of nitrogens with zero attached hydrogens (tertiary/aromatic N) is 5. The fourth-order valence-electron chi connectivity index (χ4n) is 9.87. The lowest BCUT2D eigenvalue weighted by atomic mass is 10.0. The minimum absolute atomic E-state index is 0.702. The van der Waals surface area contributed by atoms with E-state index in [1.807, 2.05) is 24.3 Å². The zero-order valence-electron chi connectivity index (χ0n) is 34.1. The first-order chi connectivity index (χ1) is 31.3. The smallest absolute Gasteiger partial charge is 0.160 e. The van der Waals surface area contributed by atoms with Crippen molar-refractivity contribution < 1.29 is 0 Å². The third-order valence-corrected chi connectivity index (χ3v) is 12.6. The summed E-state index contributed by atoms with van der Waals surface area (Å²) in [5.41, 5.74) is 15.2. The van der Waals surface area contributed by atoms with Crippen molar-refractivity contribution in [1.82, 2.24) is 23.7 Å². The molecule has 9 aromatic carbocycles. The Hall–Kier alpha value is -8.54. The summed E-state index contributed by atoms with van der Waals surface area (Å²) in [6, 6.07) is 80.2. The zero-order chi connectivity index (χ0) is 41.4. The molecule has 5 heteroatoms. The van der Waals surface area contributed by atoms with E-state index in [2.05, 4.69) is 214 Å². The lowest BCUT2D eigenvalue weighted by Crippen LogP contribution is -1.97. The molecule has 5 nitrogen and oxygen atoms in total. The molecule has 4 heterocycles. The molecular formula is C58H37N5. The summed E-state index contributed by atoms with van der Waals surface area (Å²) in [7, 11) is 0. The fraction of sp³-hybridized carbons (Fsp3) is 0. The Morgan fingerprint density at radius 1 is 0.270 bits per heavy atom. The number of rotatable bonds is 6. The molecule has 0 bridgehead atoms. The molecule has 0 saturated carbocycles. The largest absolute Gasteiger partial charge is 0.309 e. The molecule has 0 N–H and O–H groups in total. The predicted octanol–water partition coefficient (Wildman–Crippen LogP) is 14.8. The Bertz CT molecular complexity index is 3820. The van der Waals surface area contributed by atoms with E-state index in [9.17, 15) is 0 Å². The van der Waals surface area contributed by atoms with Crippen molar-refractivity contribution in [2.75, 3.05) is 0 Å². The van der Waals surface area contributed by atoms with E-state index in [0.717, 1.165) is 61.6 Å². The first kappa shape index (κ1) is 35.2. The highest BCUT2D eigenvalue weighted by molar-refractivity contribution is 6.26. The maximum Gasteiger partial charge on any atom is 0.160 e. The Kier molecular flexibility index (Phi) is 7.84. The van der Waals surface area contributed by atoms with Gasteiger partial charge < -0.3 is 13.7 Å². The van der Waals surface area contributed by atoms with Gasteiger partial charge in [-0.1, -0.05) is 146 Å². The van der Waals surface area contributed by atoms with Crippen LogP contribution >= 0.6 is 0 Å². The van der Waals surface area contributed by atoms with Gasteiger partial charge in [0, 0.05) is 66.1 Å². The lowest BCUT2D eigenvalue weighted by molar-refractivity contribution is 1.16. The maximum absolute atomic E-state index is 5.25. The van der Waals surface area contributed by atoms with Crippen LogP contribution in [0.4, 0.5) is 0 Å². The van der Waals surface area contributed by atoms with Gasteiger partial charge in [0.2, 0.25) is 0 Å². The molecule has 4 aromatic heterocycles. The molecule has 0 saturated heterocycles. The van der Waals surface area contributed by atoms with E-state index in [4.69, 9.17) is 9.97 Å². The fourth-order valence-corrected chi connectivity index (χ4v) is 9.87. The Morgan fingerprint density at radius 3 is 1.46 bits per heavy atom. The SMILES string of the molecule is c1ccc(-c2cc(-c3ccc4c(c3)c3ccc5c(c6ccccc6n5-c5ccccc5)c3n4-c3ccc4c(c3)c3ccccc3n4-c3ccccc3)nc(-c3ccccc3)n2)cc1. The summed E-state index contributed by atoms with van der Waals surface area (Å²) in [5, 5.41) is 7.20. The van der Waals surface area contributed by atoms with Crippen LogP contribution in [-0.2, 0) is 0 Å². The summed E-state index contributed by atoms with van der Waals surface area (Å²) in [5.74, 6) is 0.702. The molecule has 0 fully saturated rings. The second kappa shape index (κ2) is 14.0. The summed E-state index contributed by atoms with van der Waals surface area (Å²) in [6.07, 6.45) is 0. The van der Waals surface area contributed by atoms with Gasteiger partial charge in [0.25, 0.3) is 0 Å². The van der Waals surface area contributed by atoms with Crippen LogP contribution in [0.1, 0.15) is 0 Å². The van der Waals surface area contributed by atoms with Crippen molar-refractivity contribution >= 4 is 65.4 Å². The van der Waals surface area contributed by atoms with E-state index in [0.29, 0.717) is 5.82 Å². The molecule has 294 valence electrons. The average molecular weight is 804 g/mol. The Labute approximate surface area is 363 Å². The van der Waals surface area contributed by atoms with Crippen molar-refractivity contribution in [1.29, 1.82) is 0 Å². The van der Waals surface area contributed by atoms with Crippen LogP contribution in [0, 0.1) is 0 Å². The zero-order valence-corrected chi connectivity index (χ0v) is 34.1. The van der Waals surface area contributed by atoms with Crippen LogP contribution in [0.25, 0.3) is 116 Å². The standard InChI is InChI=1S/C58H37N5/c1-5-17-38(18-6-1)49-37-50(60-58(59-49)39-19-7-2-8-20-39)40-29-32-54-47(35-40)45-31-34-55-56(46-26-14-16-28-52(46)62(55)42-23-11-4-12-24-42)57(45)63(54)43-30-33-53-48(36-43)44-25-13-15-27-51(44)61(53)41-21-9-3-10-22-41/h1-37H. The third-order valence-electron chi connectivity index (χ3n) is 12.6. The summed E-state index contributed by atoms with van der Waals surface area (Å²) >= 11 is 0. The van der Waals surface area contributed by atoms with E-state index in [-0.39, 0.29) is 0 Å². The van der Waals surface area contributed by atoms with Gasteiger partial charge in [-0.2, -0.15) is 0 Å². The predicted molar refractivity (Wildman–Crippen MR) is 261 cm³/mol. The minimum Gasteiger partial charge on any atom is -0.309 e. The Balaban J connectivity index is 1.12. The third kappa shape index (κ3) is 5.50. The normalized spacial score (nSPS) is 11.8. The molecule has 13 aromatic rings. The van der Waals surface area contributed by atoms with Crippen LogP contribution in [0.2, 0.25) is 0 Å². The van der Waals surface area contributed by atoms with Crippen LogP contribution < -0.4 is 0 Å². The van der Waals surface area contributed by atoms with Crippen molar-refractivity contribution in [3.8, 4) is 51.0 Å². The van der Waals surface area contributed by atoms with Gasteiger partial charge in [0.1, 0.15) is 0 Å². The first-order valence-electron chi connectivity index (χ1n) is 21.4. The van der Waals surface area contributed by atoms with Crippen LogP contribution in [0.5, 0.6) is 0 Å². The molecule has 0 aliphatic carbocycles. The molecule has 0 aliphatic rings. The van der Waals surface area contributed by atoms with Crippen LogP contribution in [0.3, 0.4) is 0 Å². The lowest BCUT2D eigenvalue weighted by Gasteiger charge is -2.12. The van der Waals surface area contributed by atoms with Gasteiger partial charge in [0.15, 0.2) is 5.82 Å². The maximum atomic E-state index is 5.25. The van der Waals surface area contributed by atoms with E-state index < -0.39 is 0 Å². The van der Waals surface area contributed by atoms with Gasteiger partial charge in [0.05, 0.1) is 44.5 Å². The molecule has 0 atom stereocenters. The van der Waals surface area contributed by atoms with Crippen LogP contribution in [-0.4, -0.2) is 23.7 Å². The monoisotopic (exact) mass is 803 g/mol. The van der Waals surface area contributed by atoms with E-state index in [1.165, 1.54) is 49.0 Å². The number of aromatic nitrogens is 5. The molecule has 13 rings (SSSR count). The number of hydrogen-bond acceptors (Lipinski definition) is 2. The van der Waals surface area contributed by atoms with E-state index in [1.54, 1.807) is 0 Å². The van der Waals surface area contributed by atoms with Gasteiger partial charge >= 0.3 is 0 Å². The van der Waals surface area contributed by atoms with E-state index >= 15 is 0 Å². The molecule has 63 heavy (non-hydrogen) atoms. The van der Waals surface area contributed by atoms with Crippen molar-refractivity contribution in [2.45, 2.75) is 0 Å². The molecule has 0 amide bonds. The van der Waals surface area contributed by atoms with Crippen molar-refractivity contribution in [3.05, 3.63) is 224 Å². The highest BCUT2D eigenvalue weighted by atomic mass is 15.0. The molecule has 0 unspecified atom stereocenters. The average Bonchev–Trinajstić information content (AvgIpc) is 4.00. The molecular weight excluding hydrogens is 767 g/mol. The number of para-hydroxylation sites is 4. The summed E-state index contributed by atoms with van der Waals surface area (Å²) in [6.45, 7) is 0. The van der Waals surface area contributed by atoms with Gasteiger partial charge in [-0.15, -0.1) is 0 Å². The van der Waals surface area contributed by atoms with Gasteiger partial charge in [-0.3, -0.25) is 0 Å². The number of fused-ring (bicyclic) bond motifs is 10. The van der Waals surface area contributed by atoms with Crippen molar-refractivity contribution in [3.63, 3.8) is 0 Å². The van der Waals surface area contributed by atoms with Gasteiger partial charge in [-0.05, 0) is 78.9 Å².